The van der Waals surface area contributed by atoms with E-state index < -0.39 is 0 Å². The molecule has 1 atom stereocenters. The Morgan fingerprint density at radius 3 is 2.64 bits per heavy atom. The minimum absolute atomic E-state index is 0.0709. The van der Waals surface area contributed by atoms with Gasteiger partial charge in [-0.05, 0) is 19.3 Å². The first kappa shape index (κ1) is 18.4. The van der Waals surface area contributed by atoms with Gasteiger partial charge in [-0.25, -0.2) is 4.99 Å². The summed E-state index contributed by atoms with van der Waals surface area (Å²) in [4.78, 5) is 4.57. The summed E-state index contributed by atoms with van der Waals surface area (Å²) in [6, 6.07) is 0. The normalized spacial score (nSPS) is 14.0. The number of methoxy groups -OCH3 is 1. The third-order valence-electron chi connectivity index (χ3n) is 3.46. The number of aryl methyl sites for hydroxylation is 1. The lowest BCUT2D eigenvalue weighted by Gasteiger charge is -2.30. The fourth-order valence-electron chi connectivity index (χ4n) is 2.09. The van der Waals surface area contributed by atoms with Crippen molar-refractivity contribution in [2.24, 2.45) is 10.4 Å². The first-order valence-corrected chi connectivity index (χ1v) is 7.84. The highest BCUT2D eigenvalue weighted by Gasteiger charge is 2.24. The molecule has 0 spiro atoms. The fourth-order valence-corrected chi connectivity index (χ4v) is 2.09. The van der Waals surface area contributed by atoms with E-state index in [0.29, 0.717) is 13.1 Å². The van der Waals surface area contributed by atoms with Gasteiger partial charge in [0.15, 0.2) is 11.8 Å². The zero-order valence-electron chi connectivity index (χ0n) is 14.7. The number of rotatable bonds is 7. The number of aliphatic imine (C=N–C) groups is 1. The molecule has 7 heteroatoms. The van der Waals surface area contributed by atoms with Crippen molar-refractivity contribution in [3.8, 4) is 0 Å². The number of nitrogens with zero attached hydrogens (tertiary/aromatic N) is 4. The largest absolute Gasteiger partial charge is 0.379 e. The number of aromatic nitrogens is 3. The van der Waals surface area contributed by atoms with Crippen LogP contribution in [-0.2, 0) is 17.8 Å². The molecule has 1 rings (SSSR count). The Balaban J connectivity index is 2.66. The molecule has 7 nitrogen and oxygen atoms in total. The molecule has 126 valence electrons. The highest BCUT2D eigenvalue weighted by Crippen LogP contribution is 2.20. The standard InChI is InChI=1S/C15H30N6O/c1-7-16-14(17-9-12(22-6)15(3,4)5)18-10-13-20-19-11-21(13)8-2/h11-12H,7-10H2,1-6H3,(H2,16,17,18). The minimum Gasteiger partial charge on any atom is -0.379 e. The number of nitrogens with one attached hydrogen (secondary N) is 2. The fraction of sp³-hybridized carbons (Fsp3) is 0.800. The molecular weight excluding hydrogens is 280 g/mol. The molecule has 22 heavy (non-hydrogen) atoms. The zero-order chi connectivity index (χ0) is 16.6. The van der Waals surface area contributed by atoms with Crippen molar-refractivity contribution in [1.29, 1.82) is 0 Å². The Morgan fingerprint density at radius 2 is 2.09 bits per heavy atom. The van der Waals surface area contributed by atoms with Crippen molar-refractivity contribution in [3.05, 3.63) is 12.2 Å². The molecule has 0 saturated carbocycles. The van der Waals surface area contributed by atoms with E-state index in [4.69, 9.17) is 4.74 Å². The van der Waals surface area contributed by atoms with Gasteiger partial charge in [0.25, 0.3) is 0 Å². The van der Waals surface area contributed by atoms with Crippen LogP contribution in [0.1, 0.15) is 40.4 Å². The van der Waals surface area contributed by atoms with Gasteiger partial charge in [-0.3, -0.25) is 0 Å². The summed E-state index contributed by atoms with van der Waals surface area (Å²) < 4.78 is 7.54. The smallest absolute Gasteiger partial charge is 0.191 e. The van der Waals surface area contributed by atoms with Crippen LogP contribution in [0.25, 0.3) is 0 Å². The molecular formula is C15H30N6O. The van der Waals surface area contributed by atoms with Crippen molar-refractivity contribution in [1.82, 2.24) is 25.4 Å². The van der Waals surface area contributed by atoms with Crippen LogP contribution in [0.2, 0.25) is 0 Å². The third-order valence-corrected chi connectivity index (χ3v) is 3.46. The lowest BCUT2D eigenvalue weighted by molar-refractivity contribution is 0.0205. The Hall–Kier alpha value is -1.63. The first-order chi connectivity index (χ1) is 10.4. The summed E-state index contributed by atoms with van der Waals surface area (Å²) in [6.07, 6.45) is 1.84. The molecule has 0 fully saturated rings. The van der Waals surface area contributed by atoms with E-state index >= 15 is 0 Å². The monoisotopic (exact) mass is 310 g/mol. The third kappa shape index (κ3) is 5.63. The topological polar surface area (TPSA) is 76.4 Å². The summed E-state index contributed by atoms with van der Waals surface area (Å²) in [6.45, 7) is 13.4. The number of hydrogen-bond acceptors (Lipinski definition) is 4. The predicted octanol–water partition coefficient (Wildman–Crippen LogP) is 1.41. The van der Waals surface area contributed by atoms with Crippen molar-refractivity contribution in [3.63, 3.8) is 0 Å². The lowest BCUT2D eigenvalue weighted by Crippen LogP contribution is -2.45. The number of hydrogen-bond donors (Lipinski definition) is 2. The van der Waals surface area contributed by atoms with Crippen LogP contribution in [0.5, 0.6) is 0 Å². The molecule has 2 N–H and O–H groups in total. The van der Waals surface area contributed by atoms with E-state index in [9.17, 15) is 0 Å². The molecule has 1 unspecified atom stereocenters. The molecule has 0 radical (unpaired) electrons. The van der Waals surface area contributed by atoms with Crippen LogP contribution >= 0.6 is 0 Å². The van der Waals surface area contributed by atoms with Crippen molar-refractivity contribution in [2.45, 2.75) is 53.8 Å². The molecule has 0 aliphatic rings. The highest BCUT2D eigenvalue weighted by atomic mass is 16.5. The van der Waals surface area contributed by atoms with Gasteiger partial charge in [-0.15, -0.1) is 10.2 Å². The Morgan fingerprint density at radius 1 is 1.36 bits per heavy atom. The van der Waals surface area contributed by atoms with Crippen molar-refractivity contribution >= 4 is 5.96 Å². The number of guanidine groups is 1. The van der Waals surface area contributed by atoms with Crippen LogP contribution in [-0.4, -0.2) is 47.0 Å². The summed E-state index contributed by atoms with van der Waals surface area (Å²) in [5.74, 6) is 1.62. The molecule has 1 heterocycles. The minimum atomic E-state index is 0.0709. The molecule has 1 aromatic heterocycles. The summed E-state index contributed by atoms with van der Waals surface area (Å²) in [5.41, 5.74) is 0.0709. The van der Waals surface area contributed by atoms with Gasteiger partial charge in [0, 0.05) is 26.7 Å². The Labute approximate surface area is 133 Å². The van der Waals surface area contributed by atoms with E-state index in [1.807, 2.05) is 11.5 Å². The summed E-state index contributed by atoms with van der Waals surface area (Å²) in [7, 11) is 1.74. The van der Waals surface area contributed by atoms with Crippen LogP contribution in [0.3, 0.4) is 0 Å². The van der Waals surface area contributed by atoms with Gasteiger partial charge in [-0.2, -0.15) is 0 Å². The van der Waals surface area contributed by atoms with Gasteiger partial charge < -0.3 is 19.9 Å². The molecule has 0 aromatic carbocycles. The average Bonchev–Trinajstić information content (AvgIpc) is 2.91. The van der Waals surface area contributed by atoms with Crippen molar-refractivity contribution in [2.75, 3.05) is 20.2 Å². The molecule has 0 bridgehead atoms. The van der Waals surface area contributed by atoms with E-state index in [0.717, 1.165) is 24.9 Å². The summed E-state index contributed by atoms with van der Waals surface area (Å²) >= 11 is 0. The second-order valence-corrected chi connectivity index (χ2v) is 6.20. The van der Waals surface area contributed by atoms with E-state index in [-0.39, 0.29) is 11.5 Å². The van der Waals surface area contributed by atoms with Gasteiger partial charge in [-0.1, -0.05) is 20.8 Å². The van der Waals surface area contributed by atoms with Gasteiger partial charge >= 0.3 is 0 Å². The quantitative estimate of drug-likeness (QED) is 0.588. The predicted molar refractivity (Wildman–Crippen MR) is 88.8 cm³/mol. The van der Waals surface area contributed by atoms with E-state index in [1.165, 1.54) is 0 Å². The van der Waals surface area contributed by atoms with Crippen LogP contribution in [0.15, 0.2) is 11.3 Å². The SMILES string of the molecule is CCNC(=NCc1nncn1CC)NCC(OC)C(C)(C)C. The molecule has 0 aliphatic heterocycles. The highest BCUT2D eigenvalue weighted by molar-refractivity contribution is 5.79. The van der Waals surface area contributed by atoms with Gasteiger partial charge in [0.1, 0.15) is 12.9 Å². The van der Waals surface area contributed by atoms with E-state index in [2.05, 4.69) is 53.5 Å². The maximum Gasteiger partial charge on any atom is 0.191 e. The first-order valence-electron chi connectivity index (χ1n) is 7.84. The molecule has 0 aliphatic carbocycles. The average molecular weight is 310 g/mol. The van der Waals surface area contributed by atoms with Crippen LogP contribution in [0.4, 0.5) is 0 Å². The van der Waals surface area contributed by atoms with Gasteiger partial charge in [0.05, 0.1) is 6.10 Å². The maximum absolute atomic E-state index is 5.56. The molecule has 0 saturated heterocycles. The van der Waals surface area contributed by atoms with Crippen LogP contribution < -0.4 is 10.6 Å². The Kier molecular flexibility index (Phi) is 7.31. The van der Waals surface area contributed by atoms with Crippen LogP contribution in [0, 0.1) is 5.41 Å². The Bertz CT molecular complexity index is 463. The molecule has 1 aromatic rings. The second kappa shape index (κ2) is 8.73. The van der Waals surface area contributed by atoms with Gasteiger partial charge in [0.2, 0.25) is 0 Å². The van der Waals surface area contributed by atoms with E-state index in [1.54, 1.807) is 13.4 Å². The maximum atomic E-state index is 5.56. The lowest BCUT2D eigenvalue weighted by atomic mass is 9.89. The second-order valence-electron chi connectivity index (χ2n) is 6.20. The zero-order valence-corrected chi connectivity index (χ0v) is 14.7. The summed E-state index contributed by atoms with van der Waals surface area (Å²) in [5, 5.41) is 14.6. The van der Waals surface area contributed by atoms with Crippen molar-refractivity contribution < 1.29 is 4.74 Å². The molecule has 0 amide bonds. The number of ether oxygens (including phenoxy) is 1.